The molecule has 9 nitrogen and oxygen atoms in total. The van der Waals surface area contributed by atoms with Crippen LogP contribution in [0.2, 0.25) is 0 Å². The van der Waals surface area contributed by atoms with Crippen molar-refractivity contribution < 1.29 is 19.0 Å². The highest BCUT2D eigenvalue weighted by molar-refractivity contribution is 5.79. The number of hydrogen-bond acceptors (Lipinski definition) is 8. The molecule has 5 fully saturated rings. The van der Waals surface area contributed by atoms with Crippen LogP contribution in [0.25, 0.3) is 0 Å². The number of carbonyl (C=O) groups excluding carboxylic acids is 1. The molecular weight excluding hydrogens is 903 g/mol. The maximum Gasteiger partial charge on any atom is 0.249 e. The van der Waals surface area contributed by atoms with Crippen LogP contribution >= 0.6 is 0 Å². The molecule has 0 aliphatic carbocycles. The minimum atomic E-state index is -0.126. The minimum Gasteiger partial charge on any atom is -0.479 e. The third kappa shape index (κ3) is 19.9. The number of hydrogen-bond donors (Lipinski definition) is 0. The van der Waals surface area contributed by atoms with Crippen molar-refractivity contribution in [2.45, 2.75) is 304 Å². The molecule has 5 aliphatic heterocycles. The first-order valence-corrected chi connectivity index (χ1v) is 28.3. The number of amides is 1. The predicted octanol–water partition coefficient (Wildman–Crippen LogP) is 16.5. The standard InChI is InChI=1S/C14H27N.C13H25NO.C13H25N.C12H23NO2.C12H23NO/c1-11-9-8-10-12(13(2,3)4)15(11)14(5,6)7;1-10-14(13(5,6)7)11(8-9-15-10)12(2,3)4;1-10-8-9-11(12(2,3)4)14(10)13(5,6)7;1-11(2,3)9-7-15-8-10(14)13(9)12(4,5)6;1-9-13(12(5,6)7)10(8-14-9)11(2,3)4/h12H,1,8-10H2,2-7H3;11H,1,8-9H2,2-7H3;11H,1,8-9H2,2-7H3;9H,7-8H2,1-6H3;10H,1,8H2,2-7H3. The van der Waals surface area contributed by atoms with Crippen LogP contribution in [-0.4, -0.2) is 115 Å². The normalized spacial score (nSPS) is 24.3. The van der Waals surface area contributed by atoms with Gasteiger partial charge >= 0.3 is 0 Å². The van der Waals surface area contributed by atoms with Gasteiger partial charge in [0.15, 0.2) is 11.8 Å². The second kappa shape index (κ2) is 24.2. The molecule has 0 radical (unpaired) electrons. The Kier molecular flexibility index (Phi) is 22.7. The number of ether oxygens (including phenoxy) is 3. The van der Waals surface area contributed by atoms with E-state index in [1.54, 1.807) is 0 Å². The van der Waals surface area contributed by atoms with Crippen LogP contribution in [0.15, 0.2) is 49.5 Å². The highest BCUT2D eigenvalue weighted by Crippen LogP contribution is 2.43. The van der Waals surface area contributed by atoms with E-state index in [-0.39, 0.29) is 62.5 Å². The lowest BCUT2D eigenvalue weighted by Gasteiger charge is -2.52. The van der Waals surface area contributed by atoms with Crippen molar-refractivity contribution in [1.82, 2.24) is 24.5 Å². The lowest BCUT2D eigenvalue weighted by atomic mass is 9.78. The van der Waals surface area contributed by atoms with E-state index in [2.05, 4.69) is 254 Å². The molecule has 0 aromatic rings. The summed E-state index contributed by atoms with van der Waals surface area (Å²) in [5.41, 5.74) is 4.35. The van der Waals surface area contributed by atoms with Gasteiger partial charge in [0.25, 0.3) is 0 Å². The summed E-state index contributed by atoms with van der Waals surface area (Å²) < 4.78 is 16.5. The van der Waals surface area contributed by atoms with Crippen molar-refractivity contribution in [2.75, 3.05) is 26.4 Å². The third-order valence-corrected chi connectivity index (χ3v) is 14.9. The lowest BCUT2D eigenvalue weighted by molar-refractivity contribution is -0.162. The van der Waals surface area contributed by atoms with Gasteiger partial charge in [0, 0.05) is 63.6 Å². The summed E-state index contributed by atoms with van der Waals surface area (Å²) in [4.78, 5) is 23.6. The average Bonchev–Trinajstić information content (AvgIpc) is 3.77. The van der Waals surface area contributed by atoms with Crippen molar-refractivity contribution in [3.63, 3.8) is 0 Å². The molecule has 0 N–H and O–H groups in total. The monoisotopic (exact) mass is 1030 g/mol. The van der Waals surface area contributed by atoms with Crippen molar-refractivity contribution in [3.05, 3.63) is 49.5 Å². The van der Waals surface area contributed by atoms with Gasteiger partial charge in [-0.25, -0.2) is 0 Å². The van der Waals surface area contributed by atoms with Gasteiger partial charge < -0.3 is 38.7 Å². The highest BCUT2D eigenvalue weighted by atomic mass is 16.5. The molecule has 0 spiro atoms. The Morgan fingerprint density at radius 2 is 0.685 bits per heavy atom. The summed E-state index contributed by atoms with van der Waals surface area (Å²) in [6, 6.07) is 2.39. The fraction of sp³-hybridized carbons (Fsp3) is 0.859. The summed E-state index contributed by atoms with van der Waals surface area (Å²) in [6.07, 6.45) is 7.29. The number of allylic oxidation sites excluding steroid dienone is 2. The van der Waals surface area contributed by atoms with Crippen LogP contribution in [0.1, 0.15) is 246 Å². The summed E-state index contributed by atoms with van der Waals surface area (Å²) in [7, 11) is 0. The van der Waals surface area contributed by atoms with E-state index >= 15 is 0 Å². The molecule has 0 saturated carbocycles. The van der Waals surface area contributed by atoms with E-state index in [4.69, 9.17) is 14.2 Å². The quantitative estimate of drug-likeness (QED) is 0.238. The Balaban J connectivity index is 0.000000456. The Labute approximate surface area is 454 Å². The molecule has 0 bridgehead atoms. The molecule has 5 rings (SSSR count). The molecule has 9 heteroatoms. The highest BCUT2D eigenvalue weighted by Gasteiger charge is 2.45. The topological polar surface area (TPSA) is 61.0 Å². The van der Waals surface area contributed by atoms with Crippen LogP contribution in [0, 0.1) is 27.1 Å². The largest absolute Gasteiger partial charge is 0.479 e. The van der Waals surface area contributed by atoms with Crippen LogP contribution in [0.5, 0.6) is 0 Å². The van der Waals surface area contributed by atoms with Crippen LogP contribution in [-0.2, 0) is 19.0 Å². The van der Waals surface area contributed by atoms with E-state index < -0.39 is 0 Å². The van der Waals surface area contributed by atoms with Crippen molar-refractivity contribution in [1.29, 1.82) is 0 Å². The molecule has 5 unspecified atom stereocenters. The second-order valence-electron chi connectivity index (χ2n) is 32.3. The molecule has 5 aliphatic rings. The summed E-state index contributed by atoms with van der Waals surface area (Å²) in [5, 5.41) is 0. The summed E-state index contributed by atoms with van der Waals surface area (Å²) in [5.74, 6) is 1.75. The smallest absolute Gasteiger partial charge is 0.249 e. The SMILES string of the molecule is C=C1CCC(C(C)(C)C)N1C(C)(C)C.C=C1CCCC(C(C)(C)C)N1C(C)(C)C.C=C1OCC(C(C)(C)C)N1C(C)(C)C.C=C1OCCC(C(C)(C)C)N1C(C)(C)C.CC(C)(C)C1COCC(=O)N1C(C)(C)C. The minimum absolute atomic E-state index is 0.0589. The van der Waals surface area contributed by atoms with E-state index in [1.165, 1.54) is 43.5 Å². The van der Waals surface area contributed by atoms with Crippen LogP contribution < -0.4 is 0 Å². The number of carbonyl (C=O) groups is 1. The van der Waals surface area contributed by atoms with E-state index in [9.17, 15) is 4.79 Å². The zero-order valence-corrected chi connectivity index (χ0v) is 54.2. The number of nitrogens with zero attached hydrogens (tertiary/aromatic N) is 5. The fourth-order valence-corrected chi connectivity index (χ4v) is 11.6. The lowest BCUT2D eigenvalue weighted by Crippen LogP contribution is -2.61. The Hall–Kier alpha value is -2.81. The van der Waals surface area contributed by atoms with Crippen LogP contribution in [0.4, 0.5) is 0 Å². The first kappa shape index (κ1) is 68.2. The van der Waals surface area contributed by atoms with Gasteiger partial charge in [0.1, 0.15) is 13.2 Å². The van der Waals surface area contributed by atoms with Crippen LogP contribution in [0.3, 0.4) is 0 Å². The molecule has 0 aromatic carbocycles. The number of likely N-dealkylation sites (tertiary alicyclic amines) is 2. The molecule has 5 heterocycles. The molecule has 73 heavy (non-hydrogen) atoms. The van der Waals surface area contributed by atoms with Crippen molar-refractivity contribution in [2.24, 2.45) is 27.1 Å². The Bertz CT molecular complexity index is 1630. The Morgan fingerprint density at radius 1 is 0.370 bits per heavy atom. The molecule has 5 atom stereocenters. The van der Waals surface area contributed by atoms with E-state index in [1.807, 2.05) is 4.90 Å². The van der Waals surface area contributed by atoms with Gasteiger partial charge in [0.05, 0.1) is 25.3 Å². The third-order valence-electron chi connectivity index (χ3n) is 14.9. The van der Waals surface area contributed by atoms with Gasteiger partial charge in [-0.1, -0.05) is 117 Å². The summed E-state index contributed by atoms with van der Waals surface area (Å²) in [6.45, 7) is 86.1. The molecule has 0 aromatic heterocycles. The second-order valence-corrected chi connectivity index (χ2v) is 32.3. The van der Waals surface area contributed by atoms with E-state index in [0.717, 1.165) is 31.4 Å². The zero-order valence-electron chi connectivity index (χ0n) is 54.2. The van der Waals surface area contributed by atoms with Gasteiger partial charge in [-0.05, 0) is 176 Å². The van der Waals surface area contributed by atoms with Gasteiger partial charge in [-0.3, -0.25) is 4.79 Å². The molecular formula is C64H123N5O4. The first-order valence-electron chi connectivity index (χ1n) is 28.3. The fourth-order valence-electron chi connectivity index (χ4n) is 11.6. The molecule has 1 amide bonds. The molecule has 428 valence electrons. The Morgan fingerprint density at radius 3 is 1.00 bits per heavy atom. The summed E-state index contributed by atoms with van der Waals surface area (Å²) >= 11 is 0. The predicted molar refractivity (Wildman–Crippen MR) is 316 cm³/mol. The average molecular weight is 1030 g/mol. The van der Waals surface area contributed by atoms with Gasteiger partial charge in [-0.15, -0.1) is 0 Å². The maximum atomic E-state index is 11.9. The number of morpholine rings is 1. The number of rotatable bonds is 0. The van der Waals surface area contributed by atoms with Gasteiger partial charge in [-0.2, -0.15) is 0 Å². The molecule has 5 saturated heterocycles. The van der Waals surface area contributed by atoms with Crippen molar-refractivity contribution in [3.8, 4) is 0 Å². The maximum absolute atomic E-state index is 11.9. The first-order chi connectivity index (χ1) is 32.2. The van der Waals surface area contributed by atoms with Gasteiger partial charge in [0.2, 0.25) is 5.91 Å². The van der Waals surface area contributed by atoms with Crippen molar-refractivity contribution >= 4 is 5.91 Å². The zero-order chi connectivity index (χ0) is 57.9. The van der Waals surface area contributed by atoms with E-state index in [0.29, 0.717) is 41.6 Å². The number of piperidine rings is 1.